The van der Waals surface area contributed by atoms with Crippen LogP contribution in [0.1, 0.15) is 17.9 Å². The van der Waals surface area contributed by atoms with Gasteiger partial charge in [-0.15, -0.1) is 0 Å². The van der Waals surface area contributed by atoms with E-state index in [1.165, 1.54) is 0 Å². The Morgan fingerprint density at radius 1 is 1.21 bits per heavy atom. The van der Waals surface area contributed by atoms with Gasteiger partial charge in [0, 0.05) is 29.1 Å². The highest BCUT2D eigenvalue weighted by atomic mass is 35.5. The maximum absolute atomic E-state index is 12.1. The number of hydrogen-bond acceptors (Lipinski definition) is 4. The molecule has 122 valence electrons. The zero-order chi connectivity index (χ0) is 16.9. The summed E-state index contributed by atoms with van der Waals surface area (Å²) in [6.45, 7) is 1.91. The SMILES string of the molecule is Cc1ccc(Cl)cc1NC(=O)CCc1nc(-c2ccccc2)no1. The van der Waals surface area contributed by atoms with Gasteiger partial charge in [0.25, 0.3) is 0 Å². The Morgan fingerprint density at radius 2 is 2.00 bits per heavy atom. The third-order valence-electron chi connectivity index (χ3n) is 3.54. The highest BCUT2D eigenvalue weighted by molar-refractivity contribution is 6.31. The van der Waals surface area contributed by atoms with Crippen LogP contribution in [0.2, 0.25) is 5.02 Å². The van der Waals surface area contributed by atoms with Gasteiger partial charge in [-0.2, -0.15) is 4.98 Å². The van der Waals surface area contributed by atoms with Crippen LogP contribution >= 0.6 is 11.6 Å². The van der Waals surface area contributed by atoms with Crippen molar-refractivity contribution < 1.29 is 9.32 Å². The number of nitrogens with zero attached hydrogens (tertiary/aromatic N) is 2. The summed E-state index contributed by atoms with van der Waals surface area (Å²) in [5, 5.41) is 7.37. The van der Waals surface area contributed by atoms with Crippen molar-refractivity contribution in [1.29, 1.82) is 0 Å². The highest BCUT2D eigenvalue weighted by Crippen LogP contribution is 2.20. The molecule has 3 rings (SSSR count). The summed E-state index contributed by atoms with van der Waals surface area (Å²) in [5.74, 6) is 0.836. The molecule has 6 heteroatoms. The first kappa shape index (κ1) is 16.2. The van der Waals surface area contributed by atoms with Gasteiger partial charge in [0.05, 0.1) is 0 Å². The van der Waals surface area contributed by atoms with Crippen LogP contribution in [0.4, 0.5) is 5.69 Å². The van der Waals surface area contributed by atoms with Gasteiger partial charge in [0.1, 0.15) is 0 Å². The Bertz CT molecular complexity index is 846. The highest BCUT2D eigenvalue weighted by Gasteiger charge is 2.11. The van der Waals surface area contributed by atoms with E-state index in [1.54, 1.807) is 12.1 Å². The van der Waals surface area contributed by atoms with E-state index in [4.69, 9.17) is 16.1 Å². The molecule has 5 nitrogen and oxygen atoms in total. The predicted molar refractivity (Wildman–Crippen MR) is 92.9 cm³/mol. The summed E-state index contributed by atoms with van der Waals surface area (Å²) in [6.07, 6.45) is 0.633. The Hall–Kier alpha value is -2.66. The molecule has 0 fully saturated rings. The zero-order valence-corrected chi connectivity index (χ0v) is 13.9. The van der Waals surface area contributed by atoms with Crippen LogP contribution in [0.15, 0.2) is 53.1 Å². The first-order valence-corrected chi connectivity index (χ1v) is 7.93. The first-order chi connectivity index (χ1) is 11.6. The monoisotopic (exact) mass is 341 g/mol. The quantitative estimate of drug-likeness (QED) is 0.752. The summed E-state index contributed by atoms with van der Waals surface area (Å²) in [6, 6.07) is 14.9. The number of rotatable bonds is 5. The number of aromatic nitrogens is 2. The van der Waals surface area contributed by atoms with Crippen LogP contribution in [0.25, 0.3) is 11.4 Å². The second-order valence-electron chi connectivity index (χ2n) is 5.39. The smallest absolute Gasteiger partial charge is 0.227 e. The fourth-order valence-electron chi connectivity index (χ4n) is 2.22. The molecule has 1 N–H and O–H groups in total. The summed E-state index contributed by atoms with van der Waals surface area (Å²) in [7, 11) is 0. The van der Waals surface area contributed by atoms with Crippen LogP contribution in [0.3, 0.4) is 0 Å². The van der Waals surface area contributed by atoms with Gasteiger partial charge >= 0.3 is 0 Å². The average Bonchev–Trinajstić information content (AvgIpc) is 3.06. The second kappa shape index (κ2) is 7.27. The molecule has 0 saturated heterocycles. The Morgan fingerprint density at radius 3 is 2.79 bits per heavy atom. The first-order valence-electron chi connectivity index (χ1n) is 7.56. The lowest BCUT2D eigenvalue weighted by Crippen LogP contribution is -2.13. The molecule has 0 bridgehead atoms. The van der Waals surface area contributed by atoms with Crippen molar-refractivity contribution >= 4 is 23.2 Å². The van der Waals surface area contributed by atoms with Gasteiger partial charge in [0.2, 0.25) is 17.6 Å². The van der Waals surface area contributed by atoms with Gasteiger partial charge in [0.15, 0.2) is 0 Å². The maximum Gasteiger partial charge on any atom is 0.227 e. The Labute approximate surface area is 144 Å². The molecule has 24 heavy (non-hydrogen) atoms. The van der Waals surface area contributed by atoms with Gasteiger partial charge in [-0.05, 0) is 24.6 Å². The number of hydrogen-bond donors (Lipinski definition) is 1. The topological polar surface area (TPSA) is 68.0 Å². The molecule has 3 aromatic rings. The number of aryl methyl sites for hydroxylation is 2. The molecular weight excluding hydrogens is 326 g/mol. The van der Waals surface area contributed by atoms with Crippen LogP contribution in [-0.2, 0) is 11.2 Å². The minimum Gasteiger partial charge on any atom is -0.339 e. The molecule has 0 atom stereocenters. The molecule has 1 heterocycles. The van der Waals surface area contributed by atoms with E-state index in [-0.39, 0.29) is 12.3 Å². The number of nitrogens with one attached hydrogen (secondary N) is 1. The van der Waals surface area contributed by atoms with Crippen molar-refractivity contribution in [2.24, 2.45) is 0 Å². The molecule has 0 aliphatic heterocycles. The fourth-order valence-corrected chi connectivity index (χ4v) is 2.40. The third-order valence-corrected chi connectivity index (χ3v) is 3.77. The number of benzene rings is 2. The lowest BCUT2D eigenvalue weighted by molar-refractivity contribution is -0.116. The largest absolute Gasteiger partial charge is 0.339 e. The van der Waals surface area contributed by atoms with E-state index in [1.807, 2.05) is 43.3 Å². The number of carbonyl (C=O) groups is 1. The minimum atomic E-state index is -0.125. The van der Waals surface area contributed by atoms with Gasteiger partial charge in [-0.3, -0.25) is 4.79 Å². The normalized spacial score (nSPS) is 10.6. The van der Waals surface area contributed by atoms with Crippen molar-refractivity contribution in [3.8, 4) is 11.4 Å². The number of halogens is 1. The molecular formula is C18H16ClN3O2. The molecule has 1 aromatic heterocycles. The van der Waals surface area contributed by atoms with Crippen LogP contribution in [0.5, 0.6) is 0 Å². The van der Waals surface area contributed by atoms with E-state index >= 15 is 0 Å². The van der Waals surface area contributed by atoms with E-state index in [2.05, 4.69) is 15.5 Å². The van der Waals surface area contributed by atoms with E-state index in [0.717, 1.165) is 11.1 Å². The summed E-state index contributed by atoms with van der Waals surface area (Å²) in [5.41, 5.74) is 2.55. The maximum atomic E-state index is 12.1. The van der Waals surface area contributed by atoms with Crippen molar-refractivity contribution in [2.75, 3.05) is 5.32 Å². The minimum absolute atomic E-state index is 0.125. The van der Waals surface area contributed by atoms with Gasteiger partial charge in [-0.25, -0.2) is 0 Å². The fraction of sp³-hybridized carbons (Fsp3) is 0.167. The van der Waals surface area contributed by atoms with Crippen LogP contribution in [-0.4, -0.2) is 16.0 Å². The van der Waals surface area contributed by atoms with Gasteiger partial charge < -0.3 is 9.84 Å². The predicted octanol–water partition coefficient (Wildman–Crippen LogP) is 4.27. The summed E-state index contributed by atoms with van der Waals surface area (Å²) in [4.78, 5) is 16.4. The van der Waals surface area contributed by atoms with E-state index in [9.17, 15) is 4.79 Å². The third kappa shape index (κ3) is 4.00. The molecule has 2 aromatic carbocycles. The standard InChI is InChI=1S/C18H16ClN3O2/c1-12-7-8-14(19)11-15(12)20-16(23)9-10-17-21-18(22-24-17)13-5-3-2-4-6-13/h2-8,11H,9-10H2,1H3,(H,20,23). The molecule has 0 aliphatic rings. The number of anilines is 1. The number of carbonyl (C=O) groups excluding carboxylic acids is 1. The van der Waals surface area contributed by atoms with E-state index in [0.29, 0.717) is 28.8 Å². The van der Waals surface area contributed by atoms with Crippen molar-refractivity contribution in [2.45, 2.75) is 19.8 Å². The zero-order valence-electron chi connectivity index (χ0n) is 13.1. The molecule has 0 unspecified atom stereocenters. The molecule has 0 spiro atoms. The van der Waals surface area contributed by atoms with Gasteiger partial charge in [-0.1, -0.05) is 53.2 Å². The summed E-state index contributed by atoms with van der Waals surface area (Å²) < 4.78 is 5.20. The second-order valence-corrected chi connectivity index (χ2v) is 5.82. The molecule has 1 amide bonds. The summed E-state index contributed by atoms with van der Waals surface area (Å²) >= 11 is 5.95. The average molecular weight is 342 g/mol. The van der Waals surface area contributed by atoms with Crippen LogP contribution in [0, 0.1) is 6.92 Å². The Kier molecular flexibility index (Phi) is 4.91. The molecule has 0 saturated carbocycles. The van der Waals surface area contributed by atoms with Crippen molar-refractivity contribution in [3.63, 3.8) is 0 Å². The van der Waals surface area contributed by atoms with E-state index < -0.39 is 0 Å². The molecule has 0 aliphatic carbocycles. The van der Waals surface area contributed by atoms with Crippen LogP contribution < -0.4 is 5.32 Å². The Balaban J connectivity index is 1.59. The molecule has 0 radical (unpaired) electrons. The number of amides is 1. The van der Waals surface area contributed by atoms with Crippen molar-refractivity contribution in [1.82, 2.24) is 10.1 Å². The lowest BCUT2D eigenvalue weighted by atomic mass is 10.2. The lowest BCUT2D eigenvalue weighted by Gasteiger charge is -2.08. The van der Waals surface area contributed by atoms with Crippen molar-refractivity contribution in [3.05, 3.63) is 65.0 Å².